The Morgan fingerprint density at radius 2 is 1.61 bits per heavy atom. The Balaban J connectivity index is 1.74. The molecule has 0 amide bonds. The van der Waals surface area contributed by atoms with Gasteiger partial charge in [0.05, 0.1) is 0 Å². The highest BCUT2D eigenvalue weighted by molar-refractivity contribution is 5.31. The second kappa shape index (κ2) is 5.56. The van der Waals surface area contributed by atoms with Gasteiger partial charge in [0.1, 0.15) is 0 Å². The predicted octanol–water partition coefficient (Wildman–Crippen LogP) is 5.33. The zero-order chi connectivity index (χ0) is 12.2. The highest BCUT2D eigenvalue weighted by Gasteiger charge is 2.14. The first-order chi connectivity index (χ1) is 8.93. The van der Waals surface area contributed by atoms with Crippen LogP contribution < -0.4 is 0 Å². The molecule has 0 spiro atoms. The maximum Gasteiger partial charge on any atom is 0.00180 e. The summed E-state index contributed by atoms with van der Waals surface area (Å²) < 4.78 is 0. The summed E-state index contributed by atoms with van der Waals surface area (Å²) in [6.07, 6.45) is 17.1. The average Bonchev–Trinajstić information content (AvgIpc) is 2.49. The summed E-state index contributed by atoms with van der Waals surface area (Å²) in [7, 11) is 0. The second-order valence-corrected chi connectivity index (χ2v) is 5.61. The fourth-order valence-electron chi connectivity index (χ4n) is 3.20. The van der Waals surface area contributed by atoms with Gasteiger partial charge in [-0.25, -0.2) is 0 Å². The van der Waals surface area contributed by atoms with E-state index in [1.807, 2.05) is 0 Å². The zero-order valence-corrected chi connectivity index (χ0v) is 11.0. The van der Waals surface area contributed by atoms with Crippen molar-refractivity contribution in [2.24, 2.45) is 0 Å². The minimum absolute atomic E-state index is 0.666. The molecule has 0 nitrogen and oxygen atoms in total. The highest BCUT2D eigenvalue weighted by atomic mass is 14.2. The second-order valence-electron chi connectivity index (χ2n) is 5.61. The molecule has 0 N–H and O–H groups in total. The van der Waals surface area contributed by atoms with Crippen molar-refractivity contribution in [3.05, 3.63) is 59.7 Å². The van der Waals surface area contributed by atoms with E-state index in [0.717, 1.165) is 5.92 Å². The Morgan fingerprint density at radius 1 is 0.778 bits per heavy atom. The van der Waals surface area contributed by atoms with Crippen molar-refractivity contribution in [1.82, 2.24) is 0 Å². The van der Waals surface area contributed by atoms with Crippen molar-refractivity contribution >= 4 is 0 Å². The van der Waals surface area contributed by atoms with Gasteiger partial charge in [-0.15, -0.1) is 0 Å². The van der Waals surface area contributed by atoms with Crippen LogP contribution in [0.15, 0.2) is 48.6 Å². The molecule has 94 valence electrons. The lowest BCUT2D eigenvalue weighted by atomic mass is 9.85. The first-order valence-corrected chi connectivity index (χ1v) is 7.35. The molecule has 0 heteroatoms. The van der Waals surface area contributed by atoms with Crippen LogP contribution in [-0.2, 0) is 0 Å². The number of hydrogen-bond acceptors (Lipinski definition) is 0. The SMILES string of the molecule is C1=CC(c2ccc(C3CC=CCC3)cc2)CCC1. The third kappa shape index (κ3) is 2.58. The third-order valence-corrected chi connectivity index (χ3v) is 4.36. The van der Waals surface area contributed by atoms with E-state index in [1.54, 1.807) is 0 Å². The van der Waals surface area contributed by atoms with E-state index in [0.29, 0.717) is 5.92 Å². The van der Waals surface area contributed by atoms with E-state index in [1.165, 1.54) is 49.7 Å². The fourth-order valence-corrected chi connectivity index (χ4v) is 3.20. The van der Waals surface area contributed by atoms with Crippen molar-refractivity contribution in [3.8, 4) is 0 Å². The summed E-state index contributed by atoms with van der Waals surface area (Å²) in [5.74, 6) is 1.42. The van der Waals surface area contributed by atoms with Crippen molar-refractivity contribution in [2.75, 3.05) is 0 Å². The molecule has 18 heavy (non-hydrogen) atoms. The molecule has 0 saturated heterocycles. The summed E-state index contributed by atoms with van der Waals surface area (Å²) in [6.45, 7) is 0. The van der Waals surface area contributed by atoms with Crippen LogP contribution in [0.1, 0.15) is 61.5 Å². The monoisotopic (exact) mass is 238 g/mol. The zero-order valence-electron chi connectivity index (χ0n) is 11.0. The van der Waals surface area contributed by atoms with Crippen LogP contribution in [0.4, 0.5) is 0 Å². The Kier molecular flexibility index (Phi) is 3.64. The maximum atomic E-state index is 2.39. The molecule has 2 aliphatic rings. The lowest BCUT2D eigenvalue weighted by Gasteiger charge is -2.20. The molecular weight excluding hydrogens is 216 g/mol. The van der Waals surface area contributed by atoms with Gasteiger partial charge in [-0.05, 0) is 55.6 Å². The van der Waals surface area contributed by atoms with Gasteiger partial charge in [-0.3, -0.25) is 0 Å². The number of hydrogen-bond donors (Lipinski definition) is 0. The van der Waals surface area contributed by atoms with Crippen LogP contribution in [0.5, 0.6) is 0 Å². The highest BCUT2D eigenvalue weighted by Crippen LogP contribution is 2.32. The summed E-state index contributed by atoms with van der Waals surface area (Å²) in [4.78, 5) is 0. The van der Waals surface area contributed by atoms with Crippen molar-refractivity contribution in [3.63, 3.8) is 0 Å². The lowest BCUT2D eigenvalue weighted by molar-refractivity contribution is 0.615. The van der Waals surface area contributed by atoms with E-state index in [-0.39, 0.29) is 0 Å². The van der Waals surface area contributed by atoms with E-state index in [4.69, 9.17) is 0 Å². The normalized spacial score (nSPS) is 27.3. The van der Waals surface area contributed by atoms with Crippen molar-refractivity contribution in [2.45, 2.75) is 50.4 Å². The predicted molar refractivity (Wildman–Crippen MR) is 77.9 cm³/mol. The molecule has 0 aliphatic heterocycles. The molecule has 0 bridgehead atoms. The van der Waals surface area contributed by atoms with Gasteiger partial charge in [0.2, 0.25) is 0 Å². The molecule has 0 saturated carbocycles. The molecule has 0 radical (unpaired) electrons. The Hall–Kier alpha value is -1.30. The first-order valence-electron chi connectivity index (χ1n) is 7.35. The van der Waals surface area contributed by atoms with Gasteiger partial charge in [-0.1, -0.05) is 48.6 Å². The molecule has 2 unspecified atom stereocenters. The van der Waals surface area contributed by atoms with E-state index >= 15 is 0 Å². The van der Waals surface area contributed by atoms with E-state index in [9.17, 15) is 0 Å². The van der Waals surface area contributed by atoms with Crippen LogP contribution in [0, 0.1) is 0 Å². The van der Waals surface area contributed by atoms with Crippen molar-refractivity contribution < 1.29 is 0 Å². The molecule has 1 aromatic rings. The third-order valence-electron chi connectivity index (χ3n) is 4.36. The maximum absolute atomic E-state index is 2.39. The van der Waals surface area contributed by atoms with Crippen LogP contribution in [0.2, 0.25) is 0 Å². The number of allylic oxidation sites excluding steroid dienone is 4. The Labute approximate surface area is 110 Å². The Morgan fingerprint density at radius 3 is 2.28 bits per heavy atom. The largest absolute Gasteiger partial charge is 0.0885 e. The number of rotatable bonds is 2. The van der Waals surface area contributed by atoms with Gasteiger partial charge >= 0.3 is 0 Å². The molecule has 2 atom stereocenters. The van der Waals surface area contributed by atoms with Gasteiger partial charge in [0.15, 0.2) is 0 Å². The molecule has 2 aliphatic carbocycles. The van der Waals surface area contributed by atoms with E-state index in [2.05, 4.69) is 48.6 Å². The Bertz CT molecular complexity index is 436. The van der Waals surface area contributed by atoms with Gasteiger partial charge in [0.25, 0.3) is 0 Å². The number of benzene rings is 1. The molecule has 3 rings (SSSR count). The summed E-state index contributed by atoms with van der Waals surface area (Å²) in [5, 5.41) is 0. The van der Waals surface area contributed by atoms with E-state index < -0.39 is 0 Å². The molecule has 0 fully saturated rings. The molecule has 0 aromatic heterocycles. The average molecular weight is 238 g/mol. The molecular formula is C18H22. The van der Waals surface area contributed by atoms with Gasteiger partial charge < -0.3 is 0 Å². The van der Waals surface area contributed by atoms with Crippen LogP contribution in [0.25, 0.3) is 0 Å². The fraction of sp³-hybridized carbons (Fsp3) is 0.444. The van der Waals surface area contributed by atoms with Crippen LogP contribution >= 0.6 is 0 Å². The molecule has 1 aromatic carbocycles. The quantitative estimate of drug-likeness (QED) is 0.610. The summed E-state index contributed by atoms with van der Waals surface area (Å²) in [5.41, 5.74) is 3.03. The van der Waals surface area contributed by atoms with Gasteiger partial charge in [-0.2, -0.15) is 0 Å². The van der Waals surface area contributed by atoms with Crippen LogP contribution in [-0.4, -0.2) is 0 Å². The summed E-state index contributed by atoms with van der Waals surface area (Å²) in [6, 6.07) is 9.44. The summed E-state index contributed by atoms with van der Waals surface area (Å²) >= 11 is 0. The lowest BCUT2D eigenvalue weighted by Crippen LogP contribution is -2.03. The first kappa shape index (κ1) is 11.8. The minimum Gasteiger partial charge on any atom is -0.0885 e. The standard InChI is InChI=1S/C18H22/c1-3-7-15(8-4-1)17-11-13-18(14-12-17)16-9-5-2-6-10-16/h1,3,5,9,11-16H,2,4,6-8,10H2. The van der Waals surface area contributed by atoms with Gasteiger partial charge in [0, 0.05) is 5.92 Å². The van der Waals surface area contributed by atoms with Crippen LogP contribution in [0.3, 0.4) is 0 Å². The smallest absolute Gasteiger partial charge is 0.00180 e. The molecule has 0 heterocycles. The minimum atomic E-state index is 0.666. The van der Waals surface area contributed by atoms with Crippen molar-refractivity contribution in [1.29, 1.82) is 0 Å². The topological polar surface area (TPSA) is 0 Å².